The zero-order valence-corrected chi connectivity index (χ0v) is 15.5. The maximum absolute atomic E-state index is 12.6. The lowest BCUT2D eigenvalue weighted by atomic mass is 10.0. The van der Waals surface area contributed by atoms with E-state index in [1.807, 2.05) is 0 Å². The molecule has 27 heavy (non-hydrogen) atoms. The van der Waals surface area contributed by atoms with Crippen molar-refractivity contribution in [2.24, 2.45) is 10.2 Å². The monoisotopic (exact) mass is 373 g/mol. The number of likely N-dealkylation sites (tertiary alicyclic amines) is 1. The van der Waals surface area contributed by atoms with Gasteiger partial charge < -0.3 is 19.5 Å². The van der Waals surface area contributed by atoms with Crippen molar-refractivity contribution in [3.8, 4) is 12.3 Å². The summed E-state index contributed by atoms with van der Waals surface area (Å²) in [5.74, 6) is 2.33. The highest BCUT2D eigenvalue weighted by Gasteiger charge is 2.41. The number of aromatic nitrogens is 1. The van der Waals surface area contributed by atoms with Crippen molar-refractivity contribution in [2.45, 2.75) is 50.4 Å². The van der Waals surface area contributed by atoms with Gasteiger partial charge in [-0.25, -0.2) is 0 Å². The third-order valence-electron chi connectivity index (χ3n) is 4.88. The largest absolute Gasteiger partial charge is 0.377 e. The van der Waals surface area contributed by atoms with Crippen LogP contribution in [0.1, 0.15) is 41.9 Å². The van der Waals surface area contributed by atoms with E-state index in [4.69, 9.17) is 15.7 Å². The van der Waals surface area contributed by atoms with Gasteiger partial charge in [-0.1, -0.05) is 5.16 Å². The molecule has 9 heteroatoms. The number of nitrogens with zero attached hydrogens (tertiary/aromatic N) is 4. The van der Waals surface area contributed by atoms with Crippen LogP contribution in [0.25, 0.3) is 0 Å². The zero-order chi connectivity index (χ0) is 19.4. The second-order valence-electron chi connectivity index (χ2n) is 6.87. The molecular weight excluding hydrogens is 350 g/mol. The average Bonchev–Trinajstić information content (AvgIpc) is 3.09. The summed E-state index contributed by atoms with van der Waals surface area (Å²) in [4.78, 5) is 26.5. The van der Waals surface area contributed by atoms with E-state index in [0.29, 0.717) is 44.5 Å². The molecule has 0 aromatic carbocycles. The van der Waals surface area contributed by atoms with Gasteiger partial charge in [0.2, 0.25) is 11.7 Å². The standard InChI is InChI=1S/C18H23N5O4/c1-4-5-7-18(21-22-18)8-6-16(24)23-10-13(15(11-23)26-3)19-17(25)14-9-12(2)20-27-14/h1,9,13,15H,5-8,10-11H2,2-3H3,(H,19,25)/t13-,15-/m1/s1. The van der Waals surface area contributed by atoms with Crippen molar-refractivity contribution in [2.75, 3.05) is 20.2 Å². The fraction of sp³-hybridized carbons (Fsp3) is 0.611. The molecule has 0 unspecified atom stereocenters. The fourth-order valence-electron chi connectivity index (χ4n) is 3.20. The van der Waals surface area contributed by atoms with Crippen molar-refractivity contribution >= 4 is 11.8 Å². The van der Waals surface area contributed by atoms with Crippen molar-refractivity contribution in [1.29, 1.82) is 0 Å². The Morgan fingerprint density at radius 2 is 2.22 bits per heavy atom. The summed E-state index contributed by atoms with van der Waals surface area (Å²) in [7, 11) is 1.56. The normalized spacial score (nSPS) is 22.5. The van der Waals surface area contributed by atoms with E-state index >= 15 is 0 Å². The molecule has 1 N–H and O–H groups in total. The van der Waals surface area contributed by atoms with Crippen molar-refractivity contribution in [3.63, 3.8) is 0 Å². The summed E-state index contributed by atoms with van der Waals surface area (Å²) in [6.07, 6.45) is 7.14. The van der Waals surface area contributed by atoms with Gasteiger partial charge in [0, 0.05) is 51.9 Å². The number of rotatable bonds is 8. The maximum Gasteiger partial charge on any atom is 0.290 e. The first-order valence-electron chi connectivity index (χ1n) is 8.88. The first kappa shape index (κ1) is 19.0. The van der Waals surface area contributed by atoms with E-state index in [1.54, 1.807) is 25.0 Å². The molecule has 0 saturated carbocycles. The number of hydrogen-bond donors (Lipinski definition) is 1. The molecule has 144 valence electrons. The first-order chi connectivity index (χ1) is 13.0. The Morgan fingerprint density at radius 3 is 2.81 bits per heavy atom. The van der Waals surface area contributed by atoms with Gasteiger partial charge in [0.1, 0.15) is 0 Å². The average molecular weight is 373 g/mol. The third-order valence-corrected chi connectivity index (χ3v) is 4.88. The highest BCUT2D eigenvalue weighted by molar-refractivity contribution is 5.91. The number of amides is 2. The second kappa shape index (κ2) is 7.88. The molecule has 2 aliphatic rings. The molecule has 2 aliphatic heterocycles. The summed E-state index contributed by atoms with van der Waals surface area (Å²) in [5.41, 5.74) is 0.154. The van der Waals surface area contributed by atoms with Gasteiger partial charge in [0.15, 0.2) is 5.66 Å². The molecule has 1 saturated heterocycles. The van der Waals surface area contributed by atoms with E-state index in [2.05, 4.69) is 26.6 Å². The van der Waals surface area contributed by atoms with Crippen LogP contribution in [0, 0.1) is 19.3 Å². The summed E-state index contributed by atoms with van der Waals surface area (Å²) in [6.45, 7) is 2.53. The van der Waals surface area contributed by atoms with Gasteiger partial charge in [-0.3, -0.25) is 9.59 Å². The number of carbonyl (C=O) groups excluding carboxylic acids is 2. The molecule has 1 aromatic rings. The third kappa shape index (κ3) is 4.52. The van der Waals surface area contributed by atoms with Crippen LogP contribution in [0.5, 0.6) is 0 Å². The molecule has 2 amide bonds. The predicted molar refractivity (Wildman–Crippen MR) is 94.8 cm³/mol. The van der Waals surface area contributed by atoms with Crippen molar-refractivity contribution in [1.82, 2.24) is 15.4 Å². The lowest BCUT2D eigenvalue weighted by molar-refractivity contribution is -0.130. The maximum atomic E-state index is 12.6. The number of carbonyl (C=O) groups is 2. The summed E-state index contributed by atoms with van der Waals surface area (Å²) >= 11 is 0. The minimum absolute atomic E-state index is 0.0123. The van der Waals surface area contributed by atoms with Gasteiger partial charge in [-0.15, -0.1) is 12.3 Å². The number of hydrogen-bond acceptors (Lipinski definition) is 7. The highest BCUT2D eigenvalue weighted by atomic mass is 16.5. The lowest BCUT2D eigenvalue weighted by Gasteiger charge is -2.17. The quantitative estimate of drug-likeness (QED) is 0.691. The Morgan fingerprint density at radius 1 is 1.44 bits per heavy atom. The van der Waals surface area contributed by atoms with E-state index in [9.17, 15) is 9.59 Å². The molecule has 9 nitrogen and oxygen atoms in total. The molecule has 3 rings (SSSR count). The Kier molecular flexibility index (Phi) is 5.56. The van der Waals surface area contributed by atoms with E-state index in [-0.39, 0.29) is 29.7 Å². The van der Waals surface area contributed by atoms with Gasteiger partial charge >= 0.3 is 0 Å². The molecule has 3 heterocycles. The van der Waals surface area contributed by atoms with Gasteiger partial charge in [-0.05, 0) is 6.92 Å². The van der Waals surface area contributed by atoms with E-state index in [0.717, 1.165) is 0 Å². The molecule has 0 aliphatic carbocycles. The van der Waals surface area contributed by atoms with Gasteiger partial charge in [0.05, 0.1) is 17.8 Å². The SMILES string of the molecule is C#CCCC1(CCC(=O)N2C[C@@H](NC(=O)c3cc(C)no3)[C@H](OC)C2)N=N1. The minimum atomic E-state index is -0.472. The Balaban J connectivity index is 1.51. The Bertz CT molecular complexity index is 775. The summed E-state index contributed by atoms with van der Waals surface area (Å²) < 4.78 is 10.4. The summed E-state index contributed by atoms with van der Waals surface area (Å²) in [5, 5.41) is 14.7. The summed E-state index contributed by atoms with van der Waals surface area (Å²) in [6, 6.07) is 1.25. The van der Waals surface area contributed by atoms with Crippen LogP contribution < -0.4 is 5.32 Å². The van der Waals surface area contributed by atoms with Gasteiger partial charge in [-0.2, -0.15) is 10.2 Å². The van der Waals surface area contributed by atoms with Crippen LogP contribution >= 0.6 is 0 Å². The second-order valence-corrected chi connectivity index (χ2v) is 6.87. The molecule has 1 aromatic heterocycles. The lowest BCUT2D eigenvalue weighted by Crippen LogP contribution is -2.43. The number of terminal acetylenes is 1. The number of aryl methyl sites for hydroxylation is 1. The highest BCUT2D eigenvalue weighted by Crippen LogP contribution is 2.37. The number of ether oxygens (including phenoxy) is 1. The van der Waals surface area contributed by atoms with E-state index in [1.165, 1.54) is 0 Å². The van der Waals surface area contributed by atoms with Crippen LogP contribution in [0.15, 0.2) is 20.8 Å². The van der Waals surface area contributed by atoms with Crippen LogP contribution in [0.4, 0.5) is 0 Å². The smallest absolute Gasteiger partial charge is 0.290 e. The van der Waals surface area contributed by atoms with E-state index < -0.39 is 5.66 Å². The zero-order valence-electron chi connectivity index (χ0n) is 15.5. The predicted octanol–water partition coefficient (Wildman–Crippen LogP) is 1.29. The molecule has 0 bridgehead atoms. The Hall–Kier alpha value is -2.73. The molecule has 0 radical (unpaired) electrons. The van der Waals surface area contributed by atoms with Gasteiger partial charge in [0.25, 0.3) is 5.91 Å². The molecule has 0 spiro atoms. The number of methoxy groups -OCH3 is 1. The first-order valence-corrected chi connectivity index (χ1v) is 8.88. The topological polar surface area (TPSA) is 109 Å². The molecule has 2 atom stereocenters. The van der Waals surface area contributed by atoms with Crippen molar-refractivity contribution in [3.05, 3.63) is 17.5 Å². The van der Waals surface area contributed by atoms with Crippen LogP contribution in [-0.4, -0.2) is 59.9 Å². The molecule has 1 fully saturated rings. The fourth-order valence-corrected chi connectivity index (χ4v) is 3.20. The number of nitrogens with one attached hydrogen (secondary N) is 1. The van der Waals surface area contributed by atoms with Crippen molar-refractivity contribution < 1.29 is 18.8 Å². The molecular formula is C18H23N5O4. The Labute approximate surface area is 157 Å². The van der Waals surface area contributed by atoms with Crippen LogP contribution in [0.3, 0.4) is 0 Å². The minimum Gasteiger partial charge on any atom is -0.377 e. The van der Waals surface area contributed by atoms with Crippen LogP contribution in [-0.2, 0) is 9.53 Å². The van der Waals surface area contributed by atoms with Crippen LogP contribution in [0.2, 0.25) is 0 Å².